The van der Waals surface area contributed by atoms with Gasteiger partial charge in [0.15, 0.2) is 0 Å². The van der Waals surface area contributed by atoms with Gasteiger partial charge in [0.1, 0.15) is 11.5 Å². The number of nitrogens with one attached hydrogen (secondary N) is 1. The molecule has 0 radical (unpaired) electrons. The average Bonchev–Trinajstić information content (AvgIpc) is 3.25. The summed E-state index contributed by atoms with van der Waals surface area (Å²) in [6, 6.07) is 15.4. The highest BCUT2D eigenvalue weighted by atomic mass is 16.5. The van der Waals surface area contributed by atoms with Crippen molar-refractivity contribution in [3.63, 3.8) is 0 Å². The highest BCUT2D eigenvalue weighted by Gasteiger charge is 2.20. The Kier molecular flexibility index (Phi) is 5.74. The summed E-state index contributed by atoms with van der Waals surface area (Å²) in [4.78, 5) is 16.6. The van der Waals surface area contributed by atoms with E-state index in [1.165, 1.54) is 5.56 Å². The van der Waals surface area contributed by atoms with Gasteiger partial charge in [-0.1, -0.05) is 23.4 Å². The molecule has 1 atom stereocenters. The number of aryl methyl sites for hydroxylation is 1. The second-order valence-electron chi connectivity index (χ2n) is 7.03. The minimum absolute atomic E-state index is 0.0342. The first-order valence-electron chi connectivity index (χ1n) is 9.65. The van der Waals surface area contributed by atoms with Crippen molar-refractivity contribution in [1.29, 1.82) is 0 Å². The van der Waals surface area contributed by atoms with Crippen molar-refractivity contribution in [3.8, 4) is 22.9 Å². The zero-order chi connectivity index (χ0) is 20.1. The topological polar surface area (TPSA) is 86.5 Å². The van der Waals surface area contributed by atoms with E-state index in [4.69, 9.17) is 14.0 Å². The summed E-state index contributed by atoms with van der Waals surface area (Å²) in [5, 5.41) is 6.97. The van der Waals surface area contributed by atoms with Gasteiger partial charge in [0, 0.05) is 30.9 Å². The Bertz CT molecular complexity index is 968. The third-order valence-electron chi connectivity index (χ3n) is 4.93. The van der Waals surface area contributed by atoms with Gasteiger partial charge in [-0.2, -0.15) is 4.98 Å². The second kappa shape index (κ2) is 8.77. The molecule has 7 nitrogen and oxygen atoms in total. The molecule has 1 aliphatic rings. The SMILES string of the molecule is COc1ccc(-c2noc(CCC(=O)NCC3COc4ccccc4C3)n2)cc1. The van der Waals surface area contributed by atoms with Gasteiger partial charge in [-0.05, 0) is 42.3 Å². The van der Waals surface area contributed by atoms with Crippen LogP contribution in [0.25, 0.3) is 11.4 Å². The fourth-order valence-corrected chi connectivity index (χ4v) is 3.30. The zero-order valence-electron chi connectivity index (χ0n) is 16.3. The number of nitrogens with zero attached hydrogens (tertiary/aromatic N) is 2. The van der Waals surface area contributed by atoms with E-state index >= 15 is 0 Å². The molecule has 1 unspecified atom stereocenters. The summed E-state index contributed by atoms with van der Waals surface area (Å²) >= 11 is 0. The molecule has 0 aliphatic carbocycles. The van der Waals surface area contributed by atoms with Crippen molar-refractivity contribution in [2.45, 2.75) is 19.3 Å². The number of aromatic nitrogens is 2. The highest BCUT2D eigenvalue weighted by Crippen LogP contribution is 2.26. The number of amides is 1. The van der Waals surface area contributed by atoms with E-state index in [-0.39, 0.29) is 11.8 Å². The minimum Gasteiger partial charge on any atom is -0.497 e. The van der Waals surface area contributed by atoms with Gasteiger partial charge in [0.2, 0.25) is 17.6 Å². The molecule has 150 valence electrons. The van der Waals surface area contributed by atoms with Crippen LogP contribution in [-0.2, 0) is 17.6 Å². The standard InChI is InChI=1S/C22H23N3O4/c1-27-18-8-6-16(7-9-18)22-24-21(29-25-22)11-10-20(26)23-13-15-12-17-4-2-3-5-19(17)28-14-15/h2-9,15H,10-14H2,1H3,(H,23,26). The van der Waals surface area contributed by atoms with Crippen LogP contribution in [0, 0.1) is 5.92 Å². The van der Waals surface area contributed by atoms with Crippen LogP contribution in [0.4, 0.5) is 0 Å². The molecule has 2 aromatic carbocycles. The summed E-state index contributed by atoms with van der Waals surface area (Å²) in [5.74, 6) is 2.90. The Labute approximate surface area is 169 Å². The third-order valence-corrected chi connectivity index (χ3v) is 4.93. The number of methoxy groups -OCH3 is 1. The van der Waals surface area contributed by atoms with Gasteiger partial charge in [0.25, 0.3) is 0 Å². The Balaban J connectivity index is 1.23. The zero-order valence-corrected chi connectivity index (χ0v) is 16.3. The lowest BCUT2D eigenvalue weighted by molar-refractivity contribution is -0.121. The maximum absolute atomic E-state index is 12.2. The predicted molar refractivity (Wildman–Crippen MR) is 107 cm³/mol. The fourth-order valence-electron chi connectivity index (χ4n) is 3.30. The molecule has 3 aromatic rings. The maximum Gasteiger partial charge on any atom is 0.227 e. The first-order valence-corrected chi connectivity index (χ1v) is 9.65. The number of hydrogen-bond donors (Lipinski definition) is 1. The molecule has 29 heavy (non-hydrogen) atoms. The van der Waals surface area contributed by atoms with Crippen LogP contribution in [0.5, 0.6) is 11.5 Å². The summed E-state index contributed by atoms with van der Waals surface area (Å²) < 4.78 is 16.2. The average molecular weight is 393 g/mol. The lowest BCUT2D eigenvalue weighted by atomic mass is 9.97. The number of fused-ring (bicyclic) bond motifs is 1. The molecule has 0 spiro atoms. The van der Waals surface area contributed by atoms with Crippen molar-refractivity contribution in [1.82, 2.24) is 15.5 Å². The Morgan fingerprint density at radius 1 is 1.21 bits per heavy atom. The molecule has 0 saturated heterocycles. The number of para-hydroxylation sites is 1. The normalized spacial score (nSPS) is 15.3. The number of hydrogen-bond acceptors (Lipinski definition) is 6. The van der Waals surface area contributed by atoms with Gasteiger partial charge >= 0.3 is 0 Å². The number of rotatable bonds is 7. The second-order valence-corrected chi connectivity index (χ2v) is 7.03. The maximum atomic E-state index is 12.2. The van der Waals surface area contributed by atoms with E-state index in [9.17, 15) is 4.79 Å². The van der Waals surface area contributed by atoms with E-state index < -0.39 is 0 Å². The number of benzene rings is 2. The Morgan fingerprint density at radius 3 is 2.86 bits per heavy atom. The molecule has 2 heterocycles. The molecule has 1 aliphatic heterocycles. The van der Waals surface area contributed by atoms with Gasteiger partial charge in [-0.15, -0.1) is 0 Å². The van der Waals surface area contributed by atoms with Crippen LogP contribution in [0.3, 0.4) is 0 Å². The van der Waals surface area contributed by atoms with Crippen molar-refractivity contribution >= 4 is 5.91 Å². The summed E-state index contributed by atoms with van der Waals surface area (Å²) in [6.07, 6.45) is 1.61. The molecule has 0 bridgehead atoms. The van der Waals surface area contributed by atoms with Crippen LogP contribution in [0.1, 0.15) is 17.9 Å². The van der Waals surface area contributed by atoms with Crippen LogP contribution < -0.4 is 14.8 Å². The molecular weight excluding hydrogens is 370 g/mol. The molecule has 7 heteroatoms. The lowest BCUT2D eigenvalue weighted by Crippen LogP contribution is -2.34. The molecular formula is C22H23N3O4. The summed E-state index contributed by atoms with van der Waals surface area (Å²) in [7, 11) is 1.62. The quantitative estimate of drug-likeness (QED) is 0.664. The fraction of sp³-hybridized carbons (Fsp3) is 0.318. The van der Waals surface area contributed by atoms with E-state index in [1.807, 2.05) is 42.5 Å². The van der Waals surface area contributed by atoms with Crippen molar-refractivity contribution in [2.75, 3.05) is 20.3 Å². The monoisotopic (exact) mass is 393 g/mol. The first kappa shape index (κ1) is 19.0. The largest absolute Gasteiger partial charge is 0.497 e. The molecule has 0 saturated carbocycles. The van der Waals surface area contributed by atoms with E-state index in [0.717, 1.165) is 23.5 Å². The highest BCUT2D eigenvalue weighted by molar-refractivity contribution is 5.76. The van der Waals surface area contributed by atoms with E-state index in [0.29, 0.717) is 37.7 Å². The van der Waals surface area contributed by atoms with Crippen LogP contribution >= 0.6 is 0 Å². The number of ether oxygens (including phenoxy) is 2. The van der Waals surface area contributed by atoms with Gasteiger partial charge < -0.3 is 19.3 Å². The van der Waals surface area contributed by atoms with Crippen molar-refractivity contribution in [2.24, 2.45) is 5.92 Å². The molecule has 1 N–H and O–H groups in total. The number of carbonyl (C=O) groups excluding carboxylic acids is 1. The Morgan fingerprint density at radius 2 is 2.03 bits per heavy atom. The van der Waals surface area contributed by atoms with Crippen LogP contribution in [0.2, 0.25) is 0 Å². The Hall–Kier alpha value is -3.35. The molecule has 1 aromatic heterocycles. The van der Waals surface area contributed by atoms with Crippen molar-refractivity contribution in [3.05, 3.63) is 60.0 Å². The predicted octanol–water partition coefficient (Wildman–Crippen LogP) is 3.05. The third kappa shape index (κ3) is 4.74. The summed E-state index contributed by atoms with van der Waals surface area (Å²) in [5.41, 5.74) is 2.03. The smallest absolute Gasteiger partial charge is 0.227 e. The van der Waals surface area contributed by atoms with Gasteiger partial charge in [-0.3, -0.25) is 4.79 Å². The minimum atomic E-state index is -0.0342. The van der Waals surface area contributed by atoms with E-state index in [2.05, 4.69) is 21.5 Å². The van der Waals surface area contributed by atoms with Crippen molar-refractivity contribution < 1.29 is 18.8 Å². The van der Waals surface area contributed by atoms with Crippen LogP contribution in [-0.4, -0.2) is 36.3 Å². The molecule has 0 fully saturated rings. The van der Waals surface area contributed by atoms with Gasteiger partial charge in [-0.25, -0.2) is 0 Å². The van der Waals surface area contributed by atoms with Crippen LogP contribution in [0.15, 0.2) is 53.1 Å². The molecule has 4 rings (SSSR count). The molecule has 1 amide bonds. The number of carbonyl (C=O) groups is 1. The summed E-state index contributed by atoms with van der Waals surface area (Å²) in [6.45, 7) is 1.21. The van der Waals surface area contributed by atoms with E-state index in [1.54, 1.807) is 7.11 Å². The lowest BCUT2D eigenvalue weighted by Gasteiger charge is -2.25. The first-order chi connectivity index (χ1) is 14.2. The van der Waals surface area contributed by atoms with Gasteiger partial charge in [0.05, 0.1) is 13.7 Å².